The molecule has 0 aliphatic rings. The summed E-state index contributed by atoms with van der Waals surface area (Å²) in [6.07, 6.45) is 0. The highest BCUT2D eigenvalue weighted by Crippen LogP contribution is 2.29. The van der Waals surface area contributed by atoms with Crippen molar-refractivity contribution in [2.45, 2.75) is 12.5 Å². The molecule has 3 aromatic rings. The zero-order valence-corrected chi connectivity index (χ0v) is 12.1. The molecular weight excluding hydrogens is 262 g/mol. The molecule has 1 unspecified atom stereocenters. The Morgan fingerprint density at radius 2 is 1.62 bits per heavy atom. The maximum atomic E-state index is 12.3. The first kappa shape index (κ1) is 13.6. The molecule has 0 aliphatic heterocycles. The van der Waals surface area contributed by atoms with Crippen molar-refractivity contribution >= 4 is 10.9 Å². The monoisotopic (exact) mass is 279 g/mol. The maximum absolute atomic E-state index is 12.3. The lowest BCUT2D eigenvalue weighted by Crippen LogP contribution is -2.29. The highest BCUT2D eigenvalue weighted by atomic mass is 16.3. The molecule has 0 fully saturated rings. The first-order valence-corrected chi connectivity index (χ1v) is 6.89. The van der Waals surface area contributed by atoms with E-state index in [-0.39, 0.29) is 5.43 Å². The number of aliphatic hydroxyl groups is 1. The fraction of sp³-hybridized carbons (Fsp3) is 0.167. The van der Waals surface area contributed by atoms with Crippen LogP contribution in [-0.2, 0) is 12.6 Å². The molecule has 0 spiro atoms. The number of hydrogen-bond acceptors (Lipinski definition) is 2. The molecule has 1 aromatic heterocycles. The molecule has 1 N–H and O–H groups in total. The van der Waals surface area contributed by atoms with E-state index in [1.165, 1.54) is 6.07 Å². The molecule has 0 saturated carbocycles. The van der Waals surface area contributed by atoms with E-state index in [0.29, 0.717) is 11.1 Å². The second-order valence-corrected chi connectivity index (χ2v) is 5.41. The number of fused-ring (bicyclic) bond motifs is 1. The molecule has 1 heterocycles. The third-order valence-corrected chi connectivity index (χ3v) is 3.99. The lowest BCUT2D eigenvalue weighted by atomic mass is 9.91. The van der Waals surface area contributed by atoms with Gasteiger partial charge in [0.25, 0.3) is 0 Å². The Morgan fingerprint density at radius 3 is 2.33 bits per heavy atom. The summed E-state index contributed by atoms with van der Waals surface area (Å²) < 4.78 is 1.88. The summed E-state index contributed by atoms with van der Waals surface area (Å²) in [5.74, 6) is 0. The van der Waals surface area contributed by atoms with Crippen LogP contribution in [0.3, 0.4) is 0 Å². The fourth-order valence-electron chi connectivity index (χ4n) is 2.78. The van der Waals surface area contributed by atoms with Crippen molar-refractivity contribution < 1.29 is 5.11 Å². The Balaban J connectivity index is 2.31. The fourth-order valence-corrected chi connectivity index (χ4v) is 2.78. The minimum Gasteiger partial charge on any atom is -0.379 e. The van der Waals surface area contributed by atoms with Crippen LogP contribution in [0.25, 0.3) is 10.9 Å². The summed E-state index contributed by atoms with van der Waals surface area (Å²) in [4.78, 5) is 12.3. The van der Waals surface area contributed by atoms with Gasteiger partial charge in [-0.2, -0.15) is 0 Å². The van der Waals surface area contributed by atoms with Gasteiger partial charge in [0.1, 0.15) is 5.60 Å². The second kappa shape index (κ2) is 4.86. The van der Waals surface area contributed by atoms with Crippen molar-refractivity contribution in [3.63, 3.8) is 0 Å². The first-order chi connectivity index (χ1) is 10.0. The minimum absolute atomic E-state index is 0.0742. The number of pyridine rings is 1. The van der Waals surface area contributed by atoms with E-state index < -0.39 is 5.60 Å². The van der Waals surface area contributed by atoms with Gasteiger partial charge in [-0.1, -0.05) is 42.5 Å². The van der Waals surface area contributed by atoms with E-state index in [2.05, 4.69) is 0 Å². The molecule has 21 heavy (non-hydrogen) atoms. The summed E-state index contributed by atoms with van der Waals surface area (Å²) in [6.45, 7) is 1.71. The highest BCUT2D eigenvalue weighted by molar-refractivity contribution is 5.79. The molecule has 106 valence electrons. The number of rotatable bonds is 2. The molecule has 3 heteroatoms. The van der Waals surface area contributed by atoms with Gasteiger partial charge in [0, 0.05) is 18.5 Å². The molecule has 0 amide bonds. The summed E-state index contributed by atoms with van der Waals surface area (Å²) in [6, 6.07) is 18.3. The molecule has 0 saturated heterocycles. The largest absolute Gasteiger partial charge is 0.379 e. The van der Waals surface area contributed by atoms with E-state index >= 15 is 0 Å². The zero-order valence-electron chi connectivity index (χ0n) is 12.1. The van der Waals surface area contributed by atoms with Crippen molar-refractivity contribution in [2.75, 3.05) is 0 Å². The van der Waals surface area contributed by atoms with Crippen LogP contribution >= 0.6 is 0 Å². The molecular formula is C18H17NO2. The first-order valence-electron chi connectivity index (χ1n) is 6.89. The summed E-state index contributed by atoms with van der Waals surface area (Å²) >= 11 is 0. The van der Waals surface area contributed by atoms with Gasteiger partial charge in [0.15, 0.2) is 5.43 Å². The van der Waals surface area contributed by atoms with Crippen molar-refractivity contribution in [1.82, 2.24) is 4.57 Å². The van der Waals surface area contributed by atoms with Gasteiger partial charge in [-0.25, -0.2) is 0 Å². The molecule has 2 aromatic carbocycles. The predicted molar refractivity (Wildman–Crippen MR) is 84.3 cm³/mol. The quantitative estimate of drug-likeness (QED) is 0.783. The Hall–Kier alpha value is -2.39. The third kappa shape index (κ3) is 2.16. The van der Waals surface area contributed by atoms with Crippen LogP contribution in [0.15, 0.2) is 65.5 Å². The van der Waals surface area contributed by atoms with Crippen molar-refractivity contribution in [1.29, 1.82) is 0 Å². The number of aromatic nitrogens is 1. The van der Waals surface area contributed by atoms with Crippen LogP contribution < -0.4 is 5.43 Å². The van der Waals surface area contributed by atoms with Crippen molar-refractivity contribution in [2.24, 2.45) is 7.05 Å². The number of para-hydroxylation sites is 1. The number of hydrogen-bond donors (Lipinski definition) is 1. The minimum atomic E-state index is -1.22. The lowest BCUT2D eigenvalue weighted by molar-refractivity contribution is 0.0939. The van der Waals surface area contributed by atoms with Crippen LogP contribution in [0.2, 0.25) is 0 Å². The Kier molecular flexibility index (Phi) is 3.15. The molecule has 3 rings (SSSR count). The molecule has 1 atom stereocenters. The lowest BCUT2D eigenvalue weighted by Gasteiger charge is -2.27. The van der Waals surface area contributed by atoms with Crippen LogP contribution in [0.1, 0.15) is 18.2 Å². The molecule has 3 nitrogen and oxygen atoms in total. The van der Waals surface area contributed by atoms with E-state index in [0.717, 1.165) is 11.1 Å². The summed E-state index contributed by atoms with van der Waals surface area (Å²) in [5, 5.41) is 11.6. The van der Waals surface area contributed by atoms with Gasteiger partial charge >= 0.3 is 0 Å². The van der Waals surface area contributed by atoms with Gasteiger partial charge < -0.3 is 9.67 Å². The van der Waals surface area contributed by atoms with Crippen LogP contribution in [0.5, 0.6) is 0 Å². The standard InChI is InChI=1S/C18H17NO2/c1-18(21,13-8-4-3-5-9-13)17-12-16(20)14-10-6-7-11-15(14)19(17)2/h3-12,21H,1-2H3. The van der Waals surface area contributed by atoms with Gasteiger partial charge in [0.2, 0.25) is 0 Å². The van der Waals surface area contributed by atoms with E-state index in [4.69, 9.17) is 0 Å². The van der Waals surface area contributed by atoms with Gasteiger partial charge in [-0.15, -0.1) is 0 Å². The Bertz CT molecular complexity index is 848. The normalized spacial score (nSPS) is 14.0. The van der Waals surface area contributed by atoms with Crippen molar-refractivity contribution in [3.05, 3.63) is 82.1 Å². The summed E-state index contributed by atoms with van der Waals surface area (Å²) in [5.41, 5.74) is 0.859. The van der Waals surface area contributed by atoms with E-state index in [1.54, 1.807) is 13.0 Å². The van der Waals surface area contributed by atoms with Gasteiger partial charge in [-0.3, -0.25) is 4.79 Å². The zero-order chi connectivity index (χ0) is 15.0. The van der Waals surface area contributed by atoms with Gasteiger partial charge in [-0.05, 0) is 24.6 Å². The topological polar surface area (TPSA) is 42.2 Å². The Labute approximate surface area is 123 Å². The average Bonchev–Trinajstić information content (AvgIpc) is 2.51. The molecule has 0 aliphatic carbocycles. The van der Waals surface area contributed by atoms with Crippen LogP contribution in [-0.4, -0.2) is 9.67 Å². The third-order valence-electron chi connectivity index (χ3n) is 3.99. The number of benzene rings is 2. The second-order valence-electron chi connectivity index (χ2n) is 5.41. The SMILES string of the molecule is Cn1c(C(C)(O)c2ccccc2)cc(=O)c2ccccc21. The Morgan fingerprint density at radius 1 is 1.00 bits per heavy atom. The van der Waals surface area contributed by atoms with Crippen LogP contribution in [0, 0.1) is 0 Å². The molecule has 0 radical (unpaired) electrons. The van der Waals surface area contributed by atoms with Gasteiger partial charge in [0.05, 0.1) is 11.2 Å². The maximum Gasteiger partial charge on any atom is 0.189 e. The number of aryl methyl sites for hydroxylation is 1. The van der Waals surface area contributed by atoms with Crippen LogP contribution in [0.4, 0.5) is 0 Å². The smallest absolute Gasteiger partial charge is 0.189 e. The van der Waals surface area contributed by atoms with E-state index in [9.17, 15) is 9.90 Å². The highest BCUT2D eigenvalue weighted by Gasteiger charge is 2.28. The number of nitrogens with zero attached hydrogens (tertiary/aromatic N) is 1. The predicted octanol–water partition coefficient (Wildman–Crippen LogP) is 2.79. The average molecular weight is 279 g/mol. The summed E-state index contributed by atoms with van der Waals surface area (Å²) in [7, 11) is 1.87. The van der Waals surface area contributed by atoms with E-state index in [1.807, 2.05) is 60.1 Å². The van der Waals surface area contributed by atoms with Crippen molar-refractivity contribution in [3.8, 4) is 0 Å². The molecule has 0 bridgehead atoms.